The van der Waals surface area contributed by atoms with E-state index in [0.717, 1.165) is 55.1 Å². The molecule has 0 atom stereocenters. The number of carbonyl (C=O) groups excluding carboxylic acids is 1. The minimum atomic E-state index is -3.64. The van der Waals surface area contributed by atoms with Crippen LogP contribution in [0.5, 0.6) is 0 Å². The number of nitrogens with one attached hydrogen (secondary N) is 1. The molecule has 4 heterocycles. The SMILES string of the molecule is O=C(NCc1ccc(N2CCOCC2)nc1)c1sccc1S(=O)(=O)N1CCCCC1. The summed E-state index contributed by atoms with van der Waals surface area (Å²) in [5.41, 5.74) is 0.859. The van der Waals surface area contributed by atoms with E-state index < -0.39 is 10.0 Å². The molecule has 0 aromatic carbocycles. The Kier molecular flexibility index (Phi) is 6.67. The summed E-state index contributed by atoms with van der Waals surface area (Å²) in [7, 11) is -3.64. The van der Waals surface area contributed by atoms with Gasteiger partial charge in [0.1, 0.15) is 15.6 Å². The van der Waals surface area contributed by atoms with Crippen LogP contribution in [0.25, 0.3) is 0 Å². The molecule has 0 aliphatic carbocycles. The number of nitrogens with zero attached hydrogens (tertiary/aromatic N) is 3. The monoisotopic (exact) mass is 450 g/mol. The van der Waals surface area contributed by atoms with Gasteiger partial charge in [-0.05, 0) is 35.9 Å². The summed E-state index contributed by atoms with van der Waals surface area (Å²) in [5, 5.41) is 4.49. The van der Waals surface area contributed by atoms with Crippen molar-refractivity contribution in [2.75, 3.05) is 44.3 Å². The van der Waals surface area contributed by atoms with E-state index in [1.54, 1.807) is 11.6 Å². The Labute approximate surface area is 180 Å². The maximum absolute atomic E-state index is 13.0. The number of aromatic nitrogens is 1. The molecule has 30 heavy (non-hydrogen) atoms. The zero-order chi connectivity index (χ0) is 21.0. The third kappa shape index (κ3) is 4.66. The van der Waals surface area contributed by atoms with Crippen LogP contribution in [0.1, 0.15) is 34.5 Å². The Morgan fingerprint density at radius 1 is 1.10 bits per heavy atom. The van der Waals surface area contributed by atoms with Crippen LogP contribution in [0.4, 0.5) is 5.82 Å². The third-order valence-electron chi connectivity index (χ3n) is 5.37. The number of amides is 1. The lowest BCUT2D eigenvalue weighted by Crippen LogP contribution is -2.36. The molecule has 0 unspecified atom stereocenters. The van der Waals surface area contributed by atoms with Gasteiger partial charge in [0.05, 0.1) is 13.2 Å². The zero-order valence-electron chi connectivity index (χ0n) is 16.7. The number of ether oxygens (including phenoxy) is 1. The molecule has 2 saturated heterocycles. The van der Waals surface area contributed by atoms with Gasteiger partial charge in [-0.1, -0.05) is 12.5 Å². The molecule has 0 bridgehead atoms. The molecule has 2 aromatic heterocycles. The van der Waals surface area contributed by atoms with E-state index in [9.17, 15) is 13.2 Å². The van der Waals surface area contributed by atoms with Crippen molar-refractivity contribution in [3.05, 3.63) is 40.2 Å². The Hall–Kier alpha value is -2.01. The average Bonchev–Trinajstić information content (AvgIpc) is 3.30. The number of thiophene rings is 1. The standard InChI is InChI=1S/C20H26N4O4S2/c25-20(19-17(6-13-29-19)30(26,27)24-7-2-1-3-8-24)22-15-16-4-5-18(21-14-16)23-9-11-28-12-10-23/h4-6,13-14H,1-3,7-12,15H2,(H,22,25). The smallest absolute Gasteiger partial charge is 0.263 e. The third-order valence-corrected chi connectivity index (χ3v) is 8.35. The molecule has 1 amide bonds. The van der Waals surface area contributed by atoms with Crippen LogP contribution in [-0.2, 0) is 21.3 Å². The maximum atomic E-state index is 13.0. The van der Waals surface area contributed by atoms with Crippen LogP contribution in [0.3, 0.4) is 0 Å². The number of pyridine rings is 1. The second-order valence-electron chi connectivity index (χ2n) is 7.39. The number of carbonyl (C=O) groups is 1. The number of piperidine rings is 1. The fraction of sp³-hybridized carbons (Fsp3) is 0.500. The Morgan fingerprint density at radius 2 is 1.87 bits per heavy atom. The lowest BCUT2D eigenvalue weighted by molar-refractivity contribution is 0.0951. The molecule has 2 aliphatic rings. The minimum absolute atomic E-state index is 0.104. The normalized spacial score (nSPS) is 18.3. The Balaban J connectivity index is 1.40. The van der Waals surface area contributed by atoms with Gasteiger partial charge in [-0.2, -0.15) is 4.31 Å². The van der Waals surface area contributed by atoms with Gasteiger partial charge in [-0.25, -0.2) is 13.4 Å². The van der Waals surface area contributed by atoms with Gasteiger partial charge in [0.15, 0.2) is 0 Å². The molecule has 2 aliphatic heterocycles. The molecular formula is C20H26N4O4S2. The summed E-state index contributed by atoms with van der Waals surface area (Å²) in [6.07, 6.45) is 4.50. The highest BCUT2D eigenvalue weighted by Crippen LogP contribution is 2.27. The molecule has 2 fully saturated rings. The van der Waals surface area contributed by atoms with Gasteiger partial charge in [0, 0.05) is 38.9 Å². The number of hydrogen-bond donors (Lipinski definition) is 1. The number of hydrogen-bond acceptors (Lipinski definition) is 7. The lowest BCUT2D eigenvalue weighted by atomic mass is 10.2. The second kappa shape index (κ2) is 9.42. The molecule has 0 spiro atoms. The fourth-order valence-electron chi connectivity index (χ4n) is 3.67. The highest BCUT2D eigenvalue weighted by atomic mass is 32.2. The summed E-state index contributed by atoms with van der Waals surface area (Å²) < 4.78 is 32.8. The largest absolute Gasteiger partial charge is 0.378 e. The van der Waals surface area contributed by atoms with Crippen molar-refractivity contribution in [2.24, 2.45) is 0 Å². The summed E-state index contributed by atoms with van der Waals surface area (Å²) in [6, 6.07) is 5.39. The first-order chi connectivity index (χ1) is 14.6. The zero-order valence-corrected chi connectivity index (χ0v) is 18.4. The average molecular weight is 451 g/mol. The topological polar surface area (TPSA) is 91.8 Å². The van der Waals surface area contributed by atoms with E-state index in [-0.39, 0.29) is 22.2 Å². The predicted octanol–water partition coefficient (Wildman–Crippen LogP) is 2.08. The first-order valence-electron chi connectivity index (χ1n) is 10.2. The molecule has 10 heteroatoms. The highest BCUT2D eigenvalue weighted by molar-refractivity contribution is 7.89. The van der Waals surface area contributed by atoms with E-state index in [2.05, 4.69) is 15.2 Å². The molecular weight excluding hydrogens is 424 g/mol. The number of morpholine rings is 1. The van der Waals surface area contributed by atoms with Crippen molar-refractivity contribution in [3.8, 4) is 0 Å². The second-order valence-corrected chi connectivity index (χ2v) is 10.2. The lowest BCUT2D eigenvalue weighted by Gasteiger charge is -2.27. The molecule has 162 valence electrons. The van der Waals surface area contributed by atoms with Gasteiger partial charge in [0.2, 0.25) is 10.0 Å². The molecule has 0 saturated carbocycles. The van der Waals surface area contributed by atoms with Crippen LogP contribution >= 0.6 is 11.3 Å². The van der Waals surface area contributed by atoms with E-state index in [0.29, 0.717) is 26.3 Å². The van der Waals surface area contributed by atoms with Gasteiger partial charge < -0.3 is 15.0 Å². The van der Waals surface area contributed by atoms with Crippen LogP contribution in [0, 0.1) is 0 Å². The summed E-state index contributed by atoms with van der Waals surface area (Å²) >= 11 is 1.15. The maximum Gasteiger partial charge on any atom is 0.263 e. The van der Waals surface area contributed by atoms with E-state index >= 15 is 0 Å². The summed E-state index contributed by atoms with van der Waals surface area (Å²) in [5.74, 6) is 0.513. The molecule has 1 N–H and O–H groups in total. The molecule has 2 aromatic rings. The van der Waals surface area contributed by atoms with Crippen molar-refractivity contribution < 1.29 is 17.9 Å². The van der Waals surface area contributed by atoms with Crippen molar-refractivity contribution in [3.63, 3.8) is 0 Å². The van der Waals surface area contributed by atoms with Crippen LogP contribution in [-0.4, -0.2) is 63.0 Å². The van der Waals surface area contributed by atoms with Crippen molar-refractivity contribution >= 4 is 33.1 Å². The van der Waals surface area contributed by atoms with Crippen LogP contribution in [0.15, 0.2) is 34.7 Å². The van der Waals surface area contributed by atoms with Gasteiger partial charge in [0.25, 0.3) is 5.91 Å². The first kappa shape index (κ1) is 21.2. The van der Waals surface area contributed by atoms with Crippen molar-refractivity contribution in [2.45, 2.75) is 30.7 Å². The minimum Gasteiger partial charge on any atom is -0.378 e. The van der Waals surface area contributed by atoms with Gasteiger partial charge in [-0.3, -0.25) is 4.79 Å². The van der Waals surface area contributed by atoms with Crippen molar-refractivity contribution in [1.29, 1.82) is 0 Å². The number of rotatable bonds is 6. The first-order valence-corrected chi connectivity index (χ1v) is 12.5. The Morgan fingerprint density at radius 3 is 2.57 bits per heavy atom. The van der Waals surface area contributed by atoms with Crippen LogP contribution in [0.2, 0.25) is 0 Å². The molecule has 4 rings (SSSR count). The van der Waals surface area contributed by atoms with Gasteiger partial charge in [-0.15, -0.1) is 11.3 Å². The fourth-order valence-corrected chi connectivity index (χ4v) is 6.51. The van der Waals surface area contributed by atoms with Gasteiger partial charge >= 0.3 is 0 Å². The highest BCUT2D eigenvalue weighted by Gasteiger charge is 2.30. The van der Waals surface area contributed by atoms with Crippen LogP contribution < -0.4 is 10.2 Å². The van der Waals surface area contributed by atoms with E-state index in [1.807, 2.05) is 12.1 Å². The molecule has 0 radical (unpaired) electrons. The van der Waals surface area contributed by atoms with Crippen molar-refractivity contribution in [1.82, 2.24) is 14.6 Å². The molecule has 8 nitrogen and oxygen atoms in total. The Bertz CT molecular complexity index is 963. The predicted molar refractivity (Wildman–Crippen MR) is 115 cm³/mol. The summed E-state index contributed by atoms with van der Waals surface area (Å²) in [6.45, 7) is 4.34. The summed E-state index contributed by atoms with van der Waals surface area (Å²) in [4.78, 5) is 19.7. The number of anilines is 1. The van der Waals surface area contributed by atoms with E-state index in [4.69, 9.17) is 4.74 Å². The number of sulfonamides is 1. The quantitative estimate of drug-likeness (QED) is 0.725. The van der Waals surface area contributed by atoms with E-state index in [1.165, 1.54) is 10.4 Å².